The van der Waals surface area contributed by atoms with Gasteiger partial charge in [0.1, 0.15) is 18.1 Å². The van der Waals surface area contributed by atoms with Crippen LogP contribution in [0, 0.1) is 13.8 Å². The van der Waals surface area contributed by atoms with Gasteiger partial charge in [-0.2, -0.15) is 0 Å². The Labute approximate surface area is 119 Å². The first-order valence-electron chi connectivity index (χ1n) is 6.61. The molecule has 20 heavy (non-hydrogen) atoms. The van der Waals surface area contributed by atoms with E-state index in [4.69, 9.17) is 9.47 Å². The van der Waals surface area contributed by atoms with Crippen molar-refractivity contribution in [3.63, 3.8) is 0 Å². The molecule has 3 heteroatoms. The number of aliphatic hydroxyl groups is 1. The number of benzene rings is 2. The standard InChI is InChI=1S/C17H20O3/c1-12-5-4-6-16(13(12)2)20-11-15-9-14(10-18)7-8-17(15)19-3/h4-9,18H,10-11H2,1-3H3. The molecule has 3 nitrogen and oxygen atoms in total. The number of ether oxygens (including phenoxy) is 2. The van der Waals surface area contributed by atoms with Crippen LogP contribution >= 0.6 is 0 Å². The van der Waals surface area contributed by atoms with Gasteiger partial charge in [0, 0.05) is 5.56 Å². The van der Waals surface area contributed by atoms with Crippen molar-refractivity contribution in [3.05, 3.63) is 58.7 Å². The third-order valence-corrected chi connectivity index (χ3v) is 3.47. The summed E-state index contributed by atoms with van der Waals surface area (Å²) in [5.41, 5.74) is 4.13. The second-order valence-electron chi connectivity index (χ2n) is 4.79. The van der Waals surface area contributed by atoms with Crippen LogP contribution in [0.3, 0.4) is 0 Å². The highest BCUT2D eigenvalue weighted by Crippen LogP contribution is 2.25. The first kappa shape index (κ1) is 14.4. The molecule has 0 radical (unpaired) electrons. The Morgan fingerprint density at radius 1 is 1.05 bits per heavy atom. The van der Waals surface area contributed by atoms with Gasteiger partial charge in [0.15, 0.2) is 0 Å². The number of hydrogen-bond donors (Lipinski definition) is 1. The lowest BCUT2D eigenvalue weighted by atomic mass is 10.1. The van der Waals surface area contributed by atoms with E-state index in [1.165, 1.54) is 5.56 Å². The van der Waals surface area contributed by atoms with Crippen LogP contribution in [0.4, 0.5) is 0 Å². The molecule has 0 unspecified atom stereocenters. The average molecular weight is 272 g/mol. The van der Waals surface area contributed by atoms with Crippen molar-refractivity contribution in [3.8, 4) is 11.5 Å². The summed E-state index contributed by atoms with van der Waals surface area (Å²) in [7, 11) is 1.63. The molecular formula is C17H20O3. The molecule has 0 heterocycles. The second kappa shape index (κ2) is 6.44. The van der Waals surface area contributed by atoms with E-state index in [-0.39, 0.29) is 6.61 Å². The first-order chi connectivity index (χ1) is 9.65. The van der Waals surface area contributed by atoms with E-state index in [1.807, 2.05) is 37.3 Å². The first-order valence-corrected chi connectivity index (χ1v) is 6.61. The van der Waals surface area contributed by atoms with E-state index in [9.17, 15) is 5.11 Å². The quantitative estimate of drug-likeness (QED) is 0.906. The van der Waals surface area contributed by atoms with Crippen molar-refractivity contribution in [2.75, 3.05) is 7.11 Å². The van der Waals surface area contributed by atoms with Gasteiger partial charge in [-0.05, 0) is 48.7 Å². The minimum atomic E-state index is 0.0144. The highest BCUT2D eigenvalue weighted by molar-refractivity contribution is 5.40. The van der Waals surface area contributed by atoms with Crippen molar-refractivity contribution in [1.29, 1.82) is 0 Å². The molecule has 0 atom stereocenters. The normalized spacial score (nSPS) is 10.4. The molecule has 2 aromatic rings. The maximum Gasteiger partial charge on any atom is 0.125 e. The van der Waals surface area contributed by atoms with Crippen LogP contribution in [-0.2, 0) is 13.2 Å². The Balaban J connectivity index is 2.19. The van der Waals surface area contributed by atoms with Gasteiger partial charge in [-0.15, -0.1) is 0 Å². The van der Waals surface area contributed by atoms with Gasteiger partial charge in [0.05, 0.1) is 13.7 Å². The van der Waals surface area contributed by atoms with Crippen LogP contribution < -0.4 is 9.47 Å². The lowest BCUT2D eigenvalue weighted by molar-refractivity contribution is 0.278. The summed E-state index contributed by atoms with van der Waals surface area (Å²) in [6.45, 7) is 4.54. The zero-order valence-electron chi connectivity index (χ0n) is 12.1. The summed E-state index contributed by atoms with van der Waals surface area (Å²) in [5.74, 6) is 1.65. The predicted molar refractivity (Wildman–Crippen MR) is 79.2 cm³/mol. The largest absolute Gasteiger partial charge is 0.496 e. The van der Waals surface area contributed by atoms with Gasteiger partial charge >= 0.3 is 0 Å². The minimum Gasteiger partial charge on any atom is -0.496 e. The zero-order valence-corrected chi connectivity index (χ0v) is 12.1. The molecule has 106 valence electrons. The highest BCUT2D eigenvalue weighted by atomic mass is 16.5. The monoisotopic (exact) mass is 272 g/mol. The fourth-order valence-corrected chi connectivity index (χ4v) is 2.08. The number of aryl methyl sites for hydroxylation is 1. The average Bonchev–Trinajstić information content (AvgIpc) is 2.48. The summed E-state index contributed by atoms with van der Waals surface area (Å²) in [6, 6.07) is 11.6. The second-order valence-corrected chi connectivity index (χ2v) is 4.79. The lowest BCUT2D eigenvalue weighted by Gasteiger charge is -2.14. The van der Waals surface area contributed by atoms with Gasteiger partial charge in [-0.25, -0.2) is 0 Å². The van der Waals surface area contributed by atoms with E-state index < -0.39 is 0 Å². The summed E-state index contributed by atoms with van der Waals surface area (Å²) in [6.07, 6.45) is 0. The third kappa shape index (κ3) is 3.11. The molecule has 0 aromatic heterocycles. The summed E-state index contributed by atoms with van der Waals surface area (Å²) in [4.78, 5) is 0. The lowest BCUT2D eigenvalue weighted by Crippen LogP contribution is -2.01. The maximum atomic E-state index is 9.21. The molecule has 2 aromatic carbocycles. The number of aliphatic hydroxyl groups excluding tert-OH is 1. The predicted octanol–water partition coefficient (Wildman–Crippen LogP) is 3.38. The van der Waals surface area contributed by atoms with E-state index in [2.05, 4.69) is 13.0 Å². The highest BCUT2D eigenvalue weighted by Gasteiger charge is 2.07. The maximum absolute atomic E-state index is 9.21. The molecule has 0 saturated heterocycles. The molecule has 0 saturated carbocycles. The van der Waals surface area contributed by atoms with Crippen LogP contribution in [0.2, 0.25) is 0 Å². The fraction of sp³-hybridized carbons (Fsp3) is 0.294. The third-order valence-electron chi connectivity index (χ3n) is 3.47. The molecule has 0 fully saturated rings. The van der Waals surface area contributed by atoms with Crippen molar-refractivity contribution < 1.29 is 14.6 Å². The Hall–Kier alpha value is -2.00. The van der Waals surface area contributed by atoms with Gasteiger partial charge in [-0.1, -0.05) is 18.2 Å². The number of methoxy groups -OCH3 is 1. The summed E-state index contributed by atoms with van der Waals surface area (Å²) >= 11 is 0. The van der Waals surface area contributed by atoms with Gasteiger partial charge in [0.2, 0.25) is 0 Å². The topological polar surface area (TPSA) is 38.7 Å². The molecule has 1 N–H and O–H groups in total. The Bertz CT molecular complexity index is 591. The van der Waals surface area contributed by atoms with Crippen LogP contribution in [0.1, 0.15) is 22.3 Å². The summed E-state index contributed by atoms with van der Waals surface area (Å²) in [5, 5.41) is 9.21. The van der Waals surface area contributed by atoms with Crippen LogP contribution in [0.25, 0.3) is 0 Å². The molecule has 0 amide bonds. The number of hydrogen-bond acceptors (Lipinski definition) is 3. The van der Waals surface area contributed by atoms with E-state index >= 15 is 0 Å². The molecular weight excluding hydrogens is 252 g/mol. The molecule has 2 rings (SSSR count). The minimum absolute atomic E-state index is 0.0144. The Kier molecular flexibility index (Phi) is 4.64. The van der Waals surface area contributed by atoms with Gasteiger partial charge in [0.25, 0.3) is 0 Å². The molecule has 0 bridgehead atoms. The molecule has 0 aliphatic carbocycles. The summed E-state index contributed by atoms with van der Waals surface area (Å²) < 4.78 is 11.2. The van der Waals surface area contributed by atoms with Gasteiger partial charge in [-0.3, -0.25) is 0 Å². The van der Waals surface area contributed by atoms with Crippen LogP contribution in [-0.4, -0.2) is 12.2 Å². The van der Waals surface area contributed by atoms with E-state index in [1.54, 1.807) is 7.11 Å². The Morgan fingerprint density at radius 2 is 1.85 bits per heavy atom. The molecule has 0 spiro atoms. The number of rotatable bonds is 5. The fourth-order valence-electron chi connectivity index (χ4n) is 2.08. The van der Waals surface area contributed by atoms with E-state index in [0.29, 0.717) is 6.61 Å². The van der Waals surface area contributed by atoms with Crippen molar-refractivity contribution in [2.45, 2.75) is 27.1 Å². The van der Waals surface area contributed by atoms with Crippen LogP contribution in [0.5, 0.6) is 11.5 Å². The Morgan fingerprint density at radius 3 is 2.55 bits per heavy atom. The molecule has 0 aliphatic heterocycles. The SMILES string of the molecule is COc1ccc(CO)cc1COc1cccc(C)c1C. The van der Waals surface area contributed by atoms with Gasteiger partial charge < -0.3 is 14.6 Å². The van der Waals surface area contributed by atoms with Crippen molar-refractivity contribution >= 4 is 0 Å². The molecule has 0 aliphatic rings. The zero-order chi connectivity index (χ0) is 14.5. The van der Waals surface area contributed by atoms with Crippen LogP contribution in [0.15, 0.2) is 36.4 Å². The van der Waals surface area contributed by atoms with E-state index in [0.717, 1.165) is 28.2 Å². The van der Waals surface area contributed by atoms with Crippen molar-refractivity contribution in [1.82, 2.24) is 0 Å². The van der Waals surface area contributed by atoms with Crippen molar-refractivity contribution in [2.24, 2.45) is 0 Å². The smallest absolute Gasteiger partial charge is 0.125 e.